The third kappa shape index (κ3) is 7.52. The fourth-order valence-corrected chi connectivity index (χ4v) is 6.29. The Hall–Kier alpha value is -3.53. The van der Waals surface area contributed by atoms with E-state index >= 15 is 4.39 Å². The number of alkyl carbamates (subject to hydrolysis) is 1. The van der Waals surface area contributed by atoms with Crippen LogP contribution < -0.4 is 10.6 Å². The number of methoxy groups -OCH3 is 1. The summed E-state index contributed by atoms with van der Waals surface area (Å²) in [5, 5.41) is 18.6. The highest BCUT2D eigenvalue weighted by molar-refractivity contribution is 6.33. The summed E-state index contributed by atoms with van der Waals surface area (Å²) in [6.07, 6.45) is 1.18. The Morgan fingerprint density at radius 3 is 2.65 bits per heavy atom. The second kappa shape index (κ2) is 14.3. The lowest BCUT2D eigenvalue weighted by Crippen LogP contribution is -2.48. The Morgan fingerprint density at radius 2 is 1.95 bits per heavy atom. The molecule has 0 spiro atoms. The third-order valence-corrected chi connectivity index (χ3v) is 8.34. The number of amides is 2. The van der Waals surface area contributed by atoms with E-state index in [1.54, 1.807) is 43.1 Å². The molecule has 1 heterocycles. The van der Waals surface area contributed by atoms with Gasteiger partial charge in [-0.2, -0.15) is 0 Å². The zero-order valence-corrected chi connectivity index (χ0v) is 25.4. The van der Waals surface area contributed by atoms with Crippen LogP contribution in [-0.4, -0.2) is 55.8 Å². The molecule has 4 rings (SSSR count). The van der Waals surface area contributed by atoms with E-state index in [2.05, 4.69) is 15.4 Å². The minimum absolute atomic E-state index is 0.0231. The Kier molecular flexibility index (Phi) is 10.8. The van der Waals surface area contributed by atoms with Gasteiger partial charge in [0.2, 0.25) is 0 Å². The van der Waals surface area contributed by atoms with Crippen LogP contribution in [0.2, 0.25) is 5.02 Å². The first kappa shape index (κ1) is 32.4. The summed E-state index contributed by atoms with van der Waals surface area (Å²) in [5.41, 5.74) is 1.41. The highest BCUT2D eigenvalue weighted by Gasteiger charge is 2.43. The number of aryl methyl sites for hydroxylation is 1. The minimum Gasteiger partial charge on any atom is -0.453 e. The predicted octanol–water partition coefficient (Wildman–Crippen LogP) is 6.19. The number of hydrogen-bond donors (Lipinski definition) is 3. The van der Waals surface area contributed by atoms with Crippen molar-refractivity contribution in [3.63, 3.8) is 0 Å². The van der Waals surface area contributed by atoms with Gasteiger partial charge < -0.3 is 25.4 Å². The summed E-state index contributed by atoms with van der Waals surface area (Å²) >= 11 is 6.73. The van der Waals surface area contributed by atoms with Crippen LogP contribution in [0.3, 0.4) is 0 Å². The summed E-state index contributed by atoms with van der Waals surface area (Å²) in [6, 6.07) is 14.4. The lowest BCUT2D eigenvalue weighted by Gasteiger charge is -2.44. The first-order chi connectivity index (χ1) is 20.6. The van der Waals surface area contributed by atoms with E-state index in [4.69, 9.17) is 11.6 Å². The van der Waals surface area contributed by atoms with Crippen LogP contribution in [-0.2, 0) is 16.9 Å². The van der Waals surface area contributed by atoms with Gasteiger partial charge in [-0.3, -0.25) is 4.79 Å². The van der Waals surface area contributed by atoms with Crippen molar-refractivity contribution in [3.8, 4) is 11.1 Å². The van der Waals surface area contributed by atoms with Crippen LogP contribution in [0.4, 0.5) is 13.6 Å². The maximum Gasteiger partial charge on any atom is 0.406 e. The number of benzene rings is 3. The molecule has 2 unspecified atom stereocenters. The molecule has 3 N–H and O–H groups in total. The molecule has 1 aliphatic rings. The van der Waals surface area contributed by atoms with E-state index in [9.17, 15) is 19.1 Å². The van der Waals surface area contributed by atoms with Crippen LogP contribution >= 0.6 is 11.6 Å². The van der Waals surface area contributed by atoms with Gasteiger partial charge in [0.15, 0.2) is 0 Å². The zero-order chi connectivity index (χ0) is 31.1. The van der Waals surface area contributed by atoms with Crippen LogP contribution in [0.15, 0.2) is 54.6 Å². The van der Waals surface area contributed by atoms with E-state index in [0.717, 1.165) is 5.56 Å². The van der Waals surface area contributed by atoms with Crippen molar-refractivity contribution in [1.29, 1.82) is 0 Å². The highest BCUT2D eigenvalue weighted by Crippen LogP contribution is 2.46. The van der Waals surface area contributed by atoms with Crippen molar-refractivity contribution < 1.29 is 28.2 Å². The maximum atomic E-state index is 15.0. The molecule has 3 aromatic carbocycles. The van der Waals surface area contributed by atoms with E-state index in [0.29, 0.717) is 59.6 Å². The molecule has 0 aliphatic carbocycles. The smallest absolute Gasteiger partial charge is 0.406 e. The molecular formula is C33H38ClF2N3O4. The average Bonchev–Trinajstić information content (AvgIpc) is 2.98. The van der Waals surface area contributed by atoms with Crippen molar-refractivity contribution in [2.45, 2.75) is 44.8 Å². The van der Waals surface area contributed by atoms with Gasteiger partial charge >= 0.3 is 6.09 Å². The largest absolute Gasteiger partial charge is 0.453 e. The maximum absolute atomic E-state index is 15.0. The van der Waals surface area contributed by atoms with Gasteiger partial charge in [0.25, 0.3) is 5.91 Å². The molecular weight excluding hydrogens is 576 g/mol. The molecule has 1 aliphatic heterocycles. The summed E-state index contributed by atoms with van der Waals surface area (Å²) < 4.78 is 34.2. The standard InChI is InChI=1S/C33H38ClF2N3O4/c1-21-15-23(18-25(35)16-21)30-27(8-4-9-28(30)34)33(42,12-6-13-38-32(41)43-3)24-7-5-14-39(20-24)31(40)26-11-10-22(19-37-2)17-29(26)36/h4,8-11,15-18,24,37,42H,5-7,12-14,19-20H2,1-3H3,(H,38,41). The number of rotatable bonds is 10. The average molecular weight is 614 g/mol. The van der Waals surface area contributed by atoms with Crippen molar-refractivity contribution in [2.24, 2.45) is 5.92 Å². The summed E-state index contributed by atoms with van der Waals surface area (Å²) in [4.78, 5) is 26.8. The van der Waals surface area contributed by atoms with Gasteiger partial charge in [0.1, 0.15) is 11.6 Å². The van der Waals surface area contributed by atoms with E-state index in [1.165, 1.54) is 31.4 Å². The van der Waals surface area contributed by atoms with Crippen molar-refractivity contribution in [1.82, 2.24) is 15.5 Å². The topological polar surface area (TPSA) is 90.9 Å². The first-order valence-electron chi connectivity index (χ1n) is 14.4. The lowest BCUT2D eigenvalue weighted by atomic mass is 9.72. The molecule has 0 saturated carbocycles. The first-order valence-corrected chi connectivity index (χ1v) is 14.8. The number of carbonyl (C=O) groups is 2. The number of halogens is 3. The minimum atomic E-state index is -1.52. The number of piperidine rings is 1. The summed E-state index contributed by atoms with van der Waals surface area (Å²) in [5.74, 6) is -1.92. The van der Waals surface area contributed by atoms with Gasteiger partial charge in [-0.05, 0) is 92.2 Å². The van der Waals surface area contributed by atoms with E-state index < -0.39 is 35.2 Å². The summed E-state index contributed by atoms with van der Waals surface area (Å²) in [7, 11) is 3.04. The van der Waals surface area contributed by atoms with Gasteiger partial charge in [-0.1, -0.05) is 35.9 Å². The molecule has 1 saturated heterocycles. The fraction of sp³-hybridized carbons (Fsp3) is 0.394. The Labute approximate surface area is 256 Å². The second-order valence-corrected chi connectivity index (χ2v) is 11.5. The van der Waals surface area contributed by atoms with Crippen LogP contribution in [0.1, 0.15) is 52.7 Å². The highest BCUT2D eigenvalue weighted by atomic mass is 35.5. The lowest BCUT2D eigenvalue weighted by molar-refractivity contribution is -0.0563. The van der Waals surface area contributed by atoms with Crippen molar-refractivity contribution >= 4 is 23.6 Å². The van der Waals surface area contributed by atoms with Gasteiger partial charge in [-0.25, -0.2) is 13.6 Å². The fourth-order valence-electron chi connectivity index (χ4n) is 6.01. The van der Waals surface area contributed by atoms with Gasteiger partial charge in [0.05, 0.1) is 18.3 Å². The molecule has 10 heteroatoms. The number of ether oxygens (including phenoxy) is 1. The Bertz CT molecular complexity index is 1450. The SMILES string of the molecule is CNCc1ccc(C(=O)N2CCCC(C(O)(CCCNC(=O)OC)c3cccc(Cl)c3-c3cc(C)cc(F)c3)C2)c(F)c1. The monoisotopic (exact) mass is 613 g/mol. The molecule has 0 radical (unpaired) electrons. The molecule has 43 heavy (non-hydrogen) atoms. The molecule has 230 valence electrons. The molecule has 2 atom stereocenters. The number of hydrogen-bond acceptors (Lipinski definition) is 5. The van der Waals surface area contributed by atoms with E-state index in [-0.39, 0.29) is 25.1 Å². The predicted molar refractivity (Wildman–Crippen MR) is 163 cm³/mol. The molecule has 3 aromatic rings. The number of carbonyl (C=O) groups excluding carboxylic acids is 2. The van der Waals surface area contributed by atoms with Crippen LogP contribution in [0.25, 0.3) is 11.1 Å². The number of nitrogens with one attached hydrogen (secondary N) is 2. The third-order valence-electron chi connectivity index (χ3n) is 8.03. The molecule has 0 aromatic heterocycles. The normalized spacial score (nSPS) is 16.4. The van der Waals surface area contributed by atoms with Gasteiger partial charge in [-0.15, -0.1) is 0 Å². The van der Waals surface area contributed by atoms with Crippen LogP contribution in [0.5, 0.6) is 0 Å². The molecule has 7 nitrogen and oxygen atoms in total. The summed E-state index contributed by atoms with van der Waals surface area (Å²) in [6.45, 7) is 3.08. The van der Waals surface area contributed by atoms with E-state index in [1.807, 2.05) is 6.07 Å². The van der Waals surface area contributed by atoms with Gasteiger partial charge in [0, 0.05) is 42.7 Å². The zero-order valence-electron chi connectivity index (χ0n) is 24.7. The second-order valence-electron chi connectivity index (χ2n) is 11.1. The number of likely N-dealkylation sites (tertiary alicyclic amines) is 1. The number of aliphatic hydroxyl groups is 1. The Balaban J connectivity index is 1.71. The molecule has 2 amide bonds. The van der Waals surface area contributed by atoms with Crippen molar-refractivity contribution in [2.75, 3.05) is 33.8 Å². The number of nitrogens with zero attached hydrogens (tertiary/aromatic N) is 1. The quantitative estimate of drug-likeness (QED) is 0.237. The van der Waals surface area contributed by atoms with Crippen LogP contribution in [0, 0.1) is 24.5 Å². The molecule has 1 fully saturated rings. The molecule has 0 bridgehead atoms. The Morgan fingerprint density at radius 1 is 1.16 bits per heavy atom. The van der Waals surface area contributed by atoms with Crippen molar-refractivity contribution in [3.05, 3.63) is 93.5 Å².